The average molecular weight is 143 g/mol. The molecule has 0 spiro atoms. The normalized spacial score (nSPS) is 7.00. The van der Waals surface area contributed by atoms with E-state index in [2.05, 4.69) is 6.92 Å². The van der Waals surface area contributed by atoms with Crippen molar-refractivity contribution in [2.45, 2.75) is 13.3 Å². The van der Waals surface area contributed by atoms with Crippen molar-refractivity contribution >= 4 is 32.6 Å². The predicted molar refractivity (Wildman–Crippen MR) is 39.9 cm³/mol. The number of rotatable bonds is 2. The van der Waals surface area contributed by atoms with Gasteiger partial charge in [0.25, 0.3) is 0 Å². The molecule has 0 heterocycles. The van der Waals surface area contributed by atoms with E-state index in [1.807, 2.05) is 0 Å². The Labute approximate surface area is 52.2 Å². The molecule has 0 aliphatic heterocycles. The fourth-order valence-corrected chi connectivity index (χ4v) is 0.694. The van der Waals surface area contributed by atoms with Crippen LogP contribution in [0.1, 0.15) is 13.3 Å². The first-order valence-electron chi connectivity index (χ1n) is 1.65. The highest BCUT2D eigenvalue weighted by atomic mass is 35.7. The molecule has 0 saturated carbocycles. The van der Waals surface area contributed by atoms with Crippen molar-refractivity contribution in [1.82, 2.24) is 0 Å². The Bertz CT molecular complexity index is 18.3. The molecule has 3 heteroatoms. The number of halogens is 1. The highest BCUT2D eigenvalue weighted by Gasteiger charge is 1.70. The summed E-state index contributed by atoms with van der Waals surface area (Å²) in [4.78, 5) is 0. The lowest BCUT2D eigenvalue weighted by molar-refractivity contribution is 1.11. The fourth-order valence-electron chi connectivity index (χ4n) is 0.0772. The zero-order valence-electron chi connectivity index (χ0n) is 3.20. The molecule has 0 aliphatic rings. The third-order valence-corrected chi connectivity index (χ3v) is 1.31. The van der Waals surface area contributed by atoms with Gasteiger partial charge in [-0.3, -0.25) is 0 Å². The Hall–Kier alpha value is 0.857. The quantitative estimate of drug-likeness (QED) is 0.515. The lowest BCUT2D eigenvalue weighted by Crippen LogP contribution is -1.60. The molecule has 0 aliphatic carbocycles. The summed E-state index contributed by atoms with van der Waals surface area (Å²) in [7, 11) is 6.59. The van der Waals surface area contributed by atoms with Crippen molar-refractivity contribution in [3.05, 3.63) is 0 Å². The summed E-state index contributed by atoms with van der Waals surface area (Å²) in [5.74, 6) is 1.07. The van der Waals surface area contributed by atoms with Crippen molar-refractivity contribution in [3.8, 4) is 0 Å². The van der Waals surface area contributed by atoms with Gasteiger partial charge in [-0.2, -0.15) is 0 Å². The Morgan fingerprint density at radius 1 is 1.67 bits per heavy atom. The van der Waals surface area contributed by atoms with Crippen LogP contribution in [-0.4, -0.2) is 16.7 Å². The van der Waals surface area contributed by atoms with Crippen LogP contribution in [-0.2, 0) is 0 Å². The molecule has 0 nitrogen and oxygen atoms in total. The van der Waals surface area contributed by atoms with Crippen molar-refractivity contribution < 1.29 is 0 Å². The molecule has 0 aromatic carbocycles. The lowest BCUT2D eigenvalue weighted by atomic mass is 10.6. The monoisotopic (exact) mass is 142 g/mol. The molecule has 0 amide bonds. The van der Waals surface area contributed by atoms with Gasteiger partial charge in [-0.25, -0.2) is 0 Å². The zero-order valence-corrected chi connectivity index (χ0v) is 4.77. The predicted octanol–water partition coefficient (Wildman–Crippen LogP) is 0.832. The van der Waals surface area contributed by atoms with Crippen LogP contribution in [0.2, 0.25) is 0 Å². The molecular weight excluding hydrogens is 132 g/mol. The summed E-state index contributed by atoms with van der Waals surface area (Å²) in [6.45, 7) is 2.11. The van der Waals surface area contributed by atoms with Gasteiger partial charge in [-0.1, -0.05) is 17.9 Å². The maximum atomic E-state index is 5.22. The summed E-state index contributed by atoms with van der Waals surface area (Å²) >= 11 is 0. The van der Waals surface area contributed by atoms with Gasteiger partial charge in [0, 0.05) is 5.75 Å². The van der Waals surface area contributed by atoms with Crippen LogP contribution in [0, 0.1) is 0 Å². The average Bonchev–Trinajstić information content (AvgIpc) is 1.41. The summed E-state index contributed by atoms with van der Waals surface area (Å²) in [5.41, 5.74) is 0. The largest absolute Gasteiger partial charge is 0.0646 e. The van der Waals surface area contributed by atoms with E-state index in [1.165, 1.54) is 17.4 Å². The topological polar surface area (TPSA) is 0 Å². The summed E-state index contributed by atoms with van der Waals surface area (Å²) in [6, 6.07) is 0. The van der Waals surface area contributed by atoms with E-state index in [1.54, 1.807) is 0 Å². The fraction of sp³-hybridized carbons (Fsp3) is 1.00. The minimum absolute atomic E-state index is 0. The SMILES string of the molecule is CCCSCl.[SiH4]. The summed E-state index contributed by atoms with van der Waals surface area (Å²) < 4.78 is 0. The van der Waals surface area contributed by atoms with Crippen LogP contribution in [0.3, 0.4) is 0 Å². The van der Waals surface area contributed by atoms with Crippen molar-refractivity contribution in [2.75, 3.05) is 5.75 Å². The van der Waals surface area contributed by atoms with Crippen LogP contribution in [0.5, 0.6) is 0 Å². The van der Waals surface area contributed by atoms with Crippen LogP contribution in [0.15, 0.2) is 0 Å². The zero-order chi connectivity index (χ0) is 4.12. The third-order valence-electron chi connectivity index (χ3n) is 0.281. The Morgan fingerprint density at radius 3 is 2.17 bits per heavy atom. The lowest BCUT2D eigenvalue weighted by Gasteiger charge is -1.76. The molecule has 0 fully saturated rings. The Morgan fingerprint density at radius 2 is 2.17 bits per heavy atom. The molecule has 0 unspecified atom stereocenters. The third kappa shape index (κ3) is 8.85. The standard InChI is InChI=1S/C3H7ClS.H4Si/c1-2-3-5-4;/h2-3H2,1H3;1H4. The molecule has 0 aromatic heterocycles. The first-order valence-corrected chi connectivity index (χ1v) is 3.46. The smallest absolute Gasteiger partial charge is 0.00826 e. The molecule has 0 aromatic rings. The molecule has 0 rings (SSSR count). The van der Waals surface area contributed by atoms with Crippen molar-refractivity contribution in [2.24, 2.45) is 0 Å². The van der Waals surface area contributed by atoms with Gasteiger partial charge in [0.2, 0.25) is 0 Å². The Kier molecular flexibility index (Phi) is 15.4. The van der Waals surface area contributed by atoms with E-state index in [9.17, 15) is 0 Å². The van der Waals surface area contributed by atoms with E-state index in [0.29, 0.717) is 0 Å². The van der Waals surface area contributed by atoms with Gasteiger partial charge in [-0.05, 0) is 28.1 Å². The molecule has 40 valence electrons. The van der Waals surface area contributed by atoms with Gasteiger partial charge < -0.3 is 0 Å². The molecule has 0 bridgehead atoms. The van der Waals surface area contributed by atoms with Crippen LogP contribution in [0.4, 0.5) is 0 Å². The maximum Gasteiger partial charge on any atom is 0.00826 e. The first-order chi connectivity index (χ1) is 2.41. The molecule has 0 N–H and O–H groups in total. The molecule has 0 atom stereocenters. The highest BCUT2D eigenvalue weighted by Crippen LogP contribution is 2.05. The molecule has 6 heavy (non-hydrogen) atoms. The number of hydrogen-bond acceptors (Lipinski definition) is 1. The van der Waals surface area contributed by atoms with E-state index in [-0.39, 0.29) is 11.0 Å². The molecular formula is C3H11ClSSi. The Balaban J connectivity index is 0. The second-order valence-electron chi connectivity index (χ2n) is 0.813. The second-order valence-corrected chi connectivity index (χ2v) is 2.09. The minimum Gasteiger partial charge on any atom is -0.0646 e. The van der Waals surface area contributed by atoms with Gasteiger partial charge >= 0.3 is 0 Å². The van der Waals surface area contributed by atoms with Crippen LogP contribution in [0.25, 0.3) is 0 Å². The van der Waals surface area contributed by atoms with Gasteiger partial charge in [0.1, 0.15) is 0 Å². The number of hydrogen-bond donors (Lipinski definition) is 0. The molecule has 0 saturated heterocycles. The van der Waals surface area contributed by atoms with Crippen LogP contribution < -0.4 is 0 Å². The van der Waals surface area contributed by atoms with E-state index >= 15 is 0 Å². The van der Waals surface area contributed by atoms with Crippen molar-refractivity contribution in [3.63, 3.8) is 0 Å². The van der Waals surface area contributed by atoms with Gasteiger partial charge in [0.05, 0.1) is 0 Å². The molecule has 0 radical (unpaired) electrons. The summed E-state index contributed by atoms with van der Waals surface area (Å²) in [6.07, 6.45) is 1.17. The van der Waals surface area contributed by atoms with E-state index in [0.717, 1.165) is 5.75 Å². The van der Waals surface area contributed by atoms with E-state index in [4.69, 9.17) is 10.7 Å². The van der Waals surface area contributed by atoms with Gasteiger partial charge in [0.15, 0.2) is 0 Å². The second kappa shape index (κ2) is 9.29. The first kappa shape index (κ1) is 9.97. The van der Waals surface area contributed by atoms with Crippen molar-refractivity contribution in [1.29, 1.82) is 0 Å². The van der Waals surface area contributed by atoms with Crippen LogP contribution >= 0.6 is 21.7 Å². The highest BCUT2D eigenvalue weighted by molar-refractivity contribution is 8.21. The van der Waals surface area contributed by atoms with Gasteiger partial charge in [-0.15, -0.1) is 0 Å². The van der Waals surface area contributed by atoms with E-state index < -0.39 is 0 Å². The minimum atomic E-state index is 0. The maximum absolute atomic E-state index is 5.22. The summed E-state index contributed by atoms with van der Waals surface area (Å²) in [5, 5.41) is 0.